The number of aromatic nitrogens is 2. The van der Waals surface area contributed by atoms with Crippen molar-refractivity contribution in [3.63, 3.8) is 0 Å². The molecule has 0 saturated heterocycles. The predicted molar refractivity (Wildman–Crippen MR) is 71.8 cm³/mol. The van der Waals surface area contributed by atoms with Crippen molar-refractivity contribution in [3.05, 3.63) is 24.0 Å². The van der Waals surface area contributed by atoms with Crippen LogP contribution in [0, 0.1) is 5.92 Å². The Morgan fingerprint density at radius 2 is 1.94 bits per heavy atom. The van der Waals surface area contributed by atoms with Gasteiger partial charge in [0.2, 0.25) is 0 Å². The zero-order valence-electron chi connectivity index (χ0n) is 11.3. The van der Waals surface area contributed by atoms with Crippen LogP contribution in [0.25, 0.3) is 0 Å². The SMILES string of the molecule is CCCNC(CC(CC)CC)c1ccnnc1. The third-order valence-corrected chi connectivity index (χ3v) is 3.37. The molecule has 1 N–H and O–H groups in total. The first-order valence-electron chi connectivity index (χ1n) is 6.81. The highest BCUT2D eigenvalue weighted by atomic mass is 15.1. The molecule has 1 heterocycles. The molecule has 17 heavy (non-hydrogen) atoms. The fourth-order valence-corrected chi connectivity index (χ4v) is 2.12. The van der Waals surface area contributed by atoms with Crippen molar-refractivity contribution >= 4 is 0 Å². The zero-order valence-corrected chi connectivity index (χ0v) is 11.3. The third-order valence-electron chi connectivity index (χ3n) is 3.37. The van der Waals surface area contributed by atoms with E-state index in [-0.39, 0.29) is 0 Å². The molecule has 1 rings (SSSR count). The summed E-state index contributed by atoms with van der Waals surface area (Å²) in [6.45, 7) is 7.81. The molecule has 3 heteroatoms. The molecular weight excluding hydrogens is 210 g/mol. The molecule has 1 unspecified atom stereocenters. The summed E-state index contributed by atoms with van der Waals surface area (Å²) in [5.74, 6) is 0.789. The molecule has 0 aliphatic heterocycles. The average Bonchev–Trinajstić information content (AvgIpc) is 2.40. The number of nitrogens with zero attached hydrogens (tertiary/aromatic N) is 2. The van der Waals surface area contributed by atoms with E-state index < -0.39 is 0 Å². The Balaban J connectivity index is 2.66. The summed E-state index contributed by atoms with van der Waals surface area (Å²) in [4.78, 5) is 0. The van der Waals surface area contributed by atoms with Crippen LogP contribution in [0.15, 0.2) is 18.5 Å². The van der Waals surface area contributed by atoms with Gasteiger partial charge < -0.3 is 5.32 Å². The molecule has 3 nitrogen and oxygen atoms in total. The van der Waals surface area contributed by atoms with E-state index in [9.17, 15) is 0 Å². The van der Waals surface area contributed by atoms with Gasteiger partial charge in [0.15, 0.2) is 0 Å². The van der Waals surface area contributed by atoms with Gasteiger partial charge in [-0.2, -0.15) is 10.2 Å². The summed E-state index contributed by atoms with van der Waals surface area (Å²) in [5.41, 5.74) is 1.26. The fraction of sp³-hybridized carbons (Fsp3) is 0.714. The Kier molecular flexibility index (Phi) is 6.78. The van der Waals surface area contributed by atoms with Crippen molar-refractivity contribution < 1.29 is 0 Å². The Hall–Kier alpha value is -0.960. The van der Waals surface area contributed by atoms with Gasteiger partial charge in [0, 0.05) is 12.2 Å². The number of hydrogen-bond donors (Lipinski definition) is 1. The first-order valence-corrected chi connectivity index (χ1v) is 6.81. The molecule has 0 saturated carbocycles. The molecule has 0 spiro atoms. The van der Waals surface area contributed by atoms with Gasteiger partial charge in [0.1, 0.15) is 0 Å². The van der Waals surface area contributed by atoms with Crippen LogP contribution in [0.4, 0.5) is 0 Å². The number of hydrogen-bond acceptors (Lipinski definition) is 3. The molecule has 96 valence electrons. The molecule has 0 aliphatic rings. The molecule has 0 amide bonds. The Labute approximate surface area is 105 Å². The normalized spacial score (nSPS) is 12.9. The van der Waals surface area contributed by atoms with Crippen molar-refractivity contribution in [1.29, 1.82) is 0 Å². The monoisotopic (exact) mass is 235 g/mol. The van der Waals surface area contributed by atoms with E-state index in [1.165, 1.54) is 24.8 Å². The van der Waals surface area contributed by atoms with E-state index in [0.717, 1.165) is 18.9 Å². The summed E-state index contributed by atoms with van der Waals surface area (Å²) in [7, 11) is 0. The second-order valence-corrected chi connectivity index (χ2v) is 4.60. The fourth-order valence-electron chi connectivity index (χ4n) is 2.12. The lowest BCUT2D eigenvalue weighted by molar-refractivity contribution is 0.370. The molecule has 0 aliphatic carbocycles. The quantitative estimate of drug-likeness (QED) is 0.751. The standard InChI is InChI=1S/C14H25N3/c1-4-8-15-14(10-12(5-2)6-3)13-7-9-16-17-11-13/h7,9,11-12,14-15H,4-6,8,10H2,1-3H3. The van der Waals surface area contributed by atoms with E-state index in [1.54, 1.807) is 6.20 Å². The van der Waals surface area contributed by atoms with Crippen LogP contribution in [0.3, 0.4) is 0 Å². The van der Waals surface area contributed by atoms with Crippen molar-refractivity contribution in [2.45, 2.75) is 52.5 Å². The van der Waals surface area contributed by atoms with Gasteiger partial charge in [-0.05, 0) is 36.9 Å². The van der Waals surface area contributed by atoms with E-state index in [0.29, 0.717) is 6.04 Å². The summed E-state index contributed by atoms with van der Waals surface area (Å²) in [6, 6.07) is 2.50. The van der Waals surface area contributed by atoms with Crippen LogP contribution in [-0.2, 0) is 0 Å². The van der Waals surface area contributed by atoms with Gasteiger partial charge in [-0.1, -0.05) is 33.6 Å². The van der Waals surface area contributed by atoms with E-state index in [2.05, 4.69) is 42.4 Å². The highest BCUT2D eigenvalue weighted by molar-refractivity contribution is 5.11. The topological polar surface area (TPSA) is 37.8 Å². The smallest absolute Gasteiger partial charge is 0.0544 e. The largest absolute Gasteiger partial charge is 0.310 e. The molecule has 1 aromatic rings. The zero-order chi connectivity index (χ0) is 12.5. The third kappa shape index (κ3) is 4.82. The highest BCUT2D eigenvalue weighted by Gasteiger charge is 2.15. The van der Waals surface area contributed by atoms with Gasteiger partial charge in [0.25, 0.3) is 0 Å². The maximum absolute atomic E-state index is 3.98. The molecule has 0 fully saturated rings. The van der Waals surface area contributed by atoms with Gasteiger partial charge in [-0.3, -0.25) is 0 Å². The minimum atomic E-state index is 0.426. The van der Waals surface area contributed by atoms with Crippen LogP contribution in [-0.4, -0.2) is 16.7 Å². The van der Waals surface area contributed by atoms with Crippen molar-refractivity contribution in [2.75, 3.05) is 6.54 Å². The van der Waals surface area contributed by atoms with Gasteiger partial charge in [-0.25, -0.2) is 0 Å². The molecule has 0 radical (unpaired) electrons. The van der Waals surface area contributed by atoms with Crippen molar-refractivity contribution in [3.8, 4) is 0 Å². The number of rotatable bonds is 8. The highest BCUT2D eigenvalue weighted by Crippen LogP contribution is 2.24. The van der Waals surface area contributed by atoms with E-state index in [1.807, 2.05) is 6.20 Å². The lowest BCUT2D eigenvalue weighted by Gasteiger charge is -2.23. The molecular formula is C14H25N3. The van der Waals surface area contributed by atoms with Crippen molar-refractivity contribution in [1.82, 2.24) is 15.5 Å². The van der Waals surface area contributed by atoms with Crippen LogP contribution in [0.1, 0.15) is 58.1 Å². The van der Waals surface area contributed by atoms with Crippen LogP contribution < -0.4 is 5.32 Å². The summed E-state index contributed by atoms with van der Waals surface area (Å²) in [6.07, 6.45) is 8.52. The molecule has 1 aromatic heterocycles. The lowest BCUT2D eigenvalue weighted by Crippen LogP contribution is -2.24. The maximum atomic E-state index is 3.98. The maximum Gasteiger partial charge on any atom is 0.0544 e. The van der Waals surface area contributed by atoms with Crippen molar-refractivity contribution in [2.24, 2.45) is 5.92 Å². The first-order chi connectivity index (χ1) is 8.31. The predicted octanol–water partition coefficient (Wildman–Crippen LogP) is 3.34. The summed E-state index contributed by atoms with van der Waals surface area (Å²) in [5, 5.41) is 11.4. The average molecular weight is 235 g/mol. The number of nitrogens with one attached hydrogen (secondary N) is 1. The van der Waals surface area contributed by atoms with Crippen LogP contribution >= 0.6 is 0 Å². The molecule has 0 aromatic carbocycles. The Morgan fingerprint density at radius 3 is 2.47 bits per heavy atom. The summed E-state index contributed by atoms with van der Waals surface area (Å²) >= 11 is 0. The van der Waals surface area contributed by atoms with Gasteiger partial charge in [0.05, 0.1) is 6.20 Å². The minimum Gasteiger partial charge on any atom is -0.310 e. The Bertz CT molecular complexity index is 283. The second-order valence-electron chi connectivity index (χ2n) is 4.60. The lowest BCUT2D eigenvalue weighted by atomic mass is 9.92. The van der Waals surface area contributed by atoms with Crippen LogP contribution in [0.2, 0.25) is 0 Å². The Morgan fingerprint density at radius 1 is 1.18 bits per heavy atom. The molecule has 0 bridgehead atoms. The second kappa shape index (κ2) is 8.18. The van der Waals surface area contributed by atoms with Crippen LogP contribution in [0.5, 0.6) is 0 Å². The molecule has 1 atom stereocenters. The van der Waals surface area contributed by atoms with E-state index in [4.69, 9.17) is 0 Å². The van der Waals surface area contributed by atoms with Gasteiger partial charge in [-0.15, -0.1) is 0 Å². The minimum absolute atomic E-state index is 0.426. The first kappa shape index (κ1) is 14.1. The van der Waals surface area contributed by atoms with E-state index >= 15 is 0 Å². The summed E-state index contributed by atoms with van der Waals surface area (Å²) < 4.78 is 0. The van der Waals surface area contributed by atoms with Gasteiger partial charge >= 0.3 is 0 Å².